The molecule has 0 bridgehead atoms. The van der Waals surface area contributed by atoms with Gasteiger partial charge in [-0.05, 0) is 16.8 Å². The summed E-state index contributed by atoms with van der Waals surface area (Å²) in [5.74, 6) is 0.643. The number of alkyl halides is 2. The molecular weight excluding hydrogens is 360 g/mol. The first kappa shape index (κ1) is 13.6. The predicted octanol–water partition coefficient (Wildman–Crippen LogP) is 4.19. The van der Waals surface area contributed by atoms with Crippen LogP contribution in [-0.4, -0.2) is 23.1 Å². The smallest absolute Gasteiger partial charge is 0.181 e. The Bertz CT molecular complexity index is 581. The number of fused-ring (bicyclic) bond motifs is 1. The van der Waals surface area contributed by atoms with Gasteiger partial charge in [-0.25, -0.2) is 0 Å². The predicted molar refractivity (Wildman–Crippen MR) is 81.3 cm³/mol. The number of ether oxygens (including phenoxy) is 1. The second kappa shape index (κ2) is 5.85. The van der Waals surface area contributed by atoms with Crippen LogP contribution in [0.1, 0.15) is 10.4 Å². The molecule has 94 valence electrons. The number of benzene rings is 2. The Hall–Kier alpha value is -0.870. The summed E-state index contributed by atoms with van der Waals surface area (Å²) in [6.07, 6.45) is 0. The average molecular weight is 372 g/mol. The van der Waals surface area contributed by atoms with Crippen molar-refractivity contribution in [1.82, 2.24) is 0 Å². The summed E-state index contributed by atoms with van der Waals surface area (Å²) in [5.41, 5.74) is 0.636. The summed E-state index contributed by atoms with van der Waals surface area (Å²) in [7, 11) is 1.58. The van der Waals surface area contributed by atoms with Crippen LogP contribution in [0.2, 0.25) is 0 Å². The molecule has 0 aromatic heterocycles. The van der Waals surface area contributed by atoms with Crippen molar-refractivity contribution in [2.24, 2.45) is 0 Å². The molecule has 0 saturated heterocycles. The summed E-state index contributed by atoms with van der Waals surface area (Å²) in [6.45, 7) is 0. The lowest BCUT2D eigenvalue weighted by Gasteiger charge is -2.13. The number of hydrogen-bond acceptors (Lipinski definition) is 2. The van der Waals surface area contributed by atoms with Crippen molar-refractivity contribution >= 4 is 48.4 Å². The molecule has 0 aliphatic rings. The maximum absolute atomic E-state index is 12.4. The van der Waals surface area contributed by atoms with E-state index in [1.165, 1.54) is 0 Å². The molecule has 0 aliphatic carbocycles. The molecule has 1 atom stereocenters. The first-order chi connectivity index (χ1) is 8.69. The van der Waals surface area contributed by atoms with Crippen LogP contribution in [0.3, 0.4) is 0 Å². The molecule has 0 aliphatic heterocycles. The van der Waals surface area contributed by atoms with Crippen molar-refractivity contribution in [3.8, 4) is 5.75 Å². The number of halogens is 2. The van der Waals surface area contributed by atoms with Gasteiger partial charge in [-0.1, -0.05) is 62.2 Å². The van der Waals surface area contributed by atoms with E-state index in [1.54, 1.807) is 7.11 Å². The zero-order valence-corrected chi connectivity index (χ0v) is 13.0. The van der Waals surface area contributed by atoms with Crippen molar-refractivity contribution in [3.63, 3.8) is 0 Å². The second-order valence-electron chi connectivity index (χ2n) is 3.85. The fraction of sp³-hybridized carbons (Fsp3) is 0.214. The van der Waals surface area contributed by atoms with Gasteiger partial charge < -0.3 is 4.74 Å². The van der Waals surface area contributed by atoms with Crippen molar-refractivity contribution in [3.05, 3.63) is 42.0 Å². The zero-order valence-electron chi connectivity index (χ0n) is 9.82. The van der Waals surface area contributed by atoms with E-state index in [0.29, 0.717) is 16.6 Å². The summed E-state index contributed by atoms with van der Waals surface area (Å²) < 4.78 is 5.31. The van der Waals surface area contributed by atoms with E-state index in [1.807, 2.05) is 36.4 Å². The fourth-order valence-electron chi connectivity index (χ4n) is 1.90. The third-order valence-corrected chi connectivity index (χ3v) is 5.03. The van der Waals surface area contributed by atoms with E-state index in [2.05, 4.69) is 31.9 Å². The fourth-order valence-corrected chi connectivity index (χ4v) is 2.43. The van der Waals surface area contributed by atoms with Gasteiger partial charge in [0, 0.05) is 5.33 Å². The molecule has 0 saturated carbocycles. The number of carbonyl (C=O) groups is 1. The number of methoxy groups -OCH3 is 1. The Kier molecular flexibility index (Phi) is 4.40. The molecule has 2 nitrogen and oxygen atoms in total. The molecule has 1 unspecified atom stereocenters. The molecule has 0 spiro atoms. The Morgan fingerprint density at radius 1 is 1.28 bits per heavy atom. The van der Waals surface area contributed by atoms with Crippen LogP contribution < -0.4 is 4.74 Å². The largest absolute Gasteiger partial charge is 0.496 e. The summed E-state index contributed by atoms with van der Waals surface area (Å²) in [4.78, 5) is 12.2. The van der Waals surface area contributed by atoms with Crippen molar-refractivity contribution in [1.29, 1.82) is 0 Å². The maximum Gasteiger partial charge on any atom is 0.181 e. The van der Waals surface area contributed by atoms with Crippen LogP contribution in [0, 0.1) is 0 Å². The third kappa shape index (κ3) is 2.45. The molecule has 0 radical (unpaired) electrons. The molecule has 2 aromatic rings. The van der Waals surface area contributed by atoms with Gasteiger partial charge in [0.2, 0.25) is 0 Å². The average Bonchev–Trinajstić information content (AvgIpc) is 2.44. The van der Waals surface area contributed by atoms with Gasteiger partial charge in [0.25, 0.3) is 0 Å². The molecule has 18 heavy (non-hydrogen) atoms. The topological polar surface area (TPSA) is 26.3 Å². The zero-order chi connectivity index (χ0) is 13.1. The minimum atomic E-state index is -0.253. The minimum absolute atomic E-state index is 0.0283. The normalized spacial score (nSPS) is 12.4. The van der Waals surface area contributed by atoms with E-state index in [0.717, 1.165) is 10.8 Å². The van der Waals surface area contributed by atoms with E-state index < -0.39 is 0 Å². The Morgan fingerprint density at radius 3 is 2.67 bits per heavy atom. The van der Waals surface area contributed by atoms with Crippen LogP contribution >= 0.6 is 31.9 Å². The monoisotopic (exact) mass is 370 g/mol. The van der Waals surface area contributed by atoms with Crippen LogP contribution in [0.15, 0.2) is 36.4 Å². The van der Waals surface area contributed by atoms with Gasteiger partial charge in [0.1, 0.15) is 5.75 Å². The minimum Gasteiger partial charge on any atom is -0.496 e. The van der Waals surface area contributed by atoms with Crippen LogP contribution in [-0.2, 0) is 0 Å². The highest BCUT2D eigenvalue weighted by atomic mass is 79.9. The first-order valence-electron chi connectivity index (χ1n) is 5.49. The molecule has 0 fully saturated rings. The Labute approximate surface area is 123 Å². The molecule has 0 heterocycles. The van der Waals surface area contributed by atoms with Gasteiger partial charge in [0.05, 0.1) is 17.5 Å². The van der Waals surface area contributed by atoms with Gasteiger partial charge in [-0.3, -0.25) is 4.79 Å². The molecular formula is C14H12Br2O2. The lowest BCUT2D eigenvalue weighted by atomic mass is 9.99. The highest BCUT2D eigenvalue weighted by molar-refractivity contribution is 9.12. The number of rotatable bonds is 4. The summed E-state index contributed by atoms with van der Waals surface area (Å²) in [5, 5.41) is 2.53. The quantitative estimate of drug-likeness (QED) is 0.595. The van der Waals surface area contributed by atoms with Gasteiger partial charge in [-0.15, -0.1) is 0 Å². The lowest BCUT2D eigenvalue weighted by Crippen LogP contribution is -2.16. The van der Waals surface area contributed by atoms with Gasteiger partial charge >= 0.3 is 0 Å². The third-order valence-electron chi connectivity index (χ3n) is 2.78. The molecule has 0 amide bonds. The number of ketones is 1. The van der Waals surface area contributed by atoms with Crippen LogP contribution in [0.5, 0.6) is 5.75 Å². The van der Waals surface area contributed by atoms with Crippen LogP contribution in [0.4, 0.5) is 0 Å². The van der Waals surface area contributed by atoms with Gasteiger partial charge in [-0.2, -0.15) is 0 Å². The van der Waals surface area contributed by atoms with Crippen molar-refractivity contribution < 1.29 is 9.53 Å². The van der Waals surface area contributed by atoms with E-state index >= 15 is 0 Å². The summed E-state index contributed by atoms with van der Waals surface area (Å²) in [6, 6.07) is 11.6. The Balaban J connectivity index is 2.68. The molecule has 2 aromatic carbocycles. The highest BCUT2D eigenvalue weighted by Gasteiger charge is 2.22. The van der Waals surface area contributed by atoms with E-state index in [9.17, 15) is 4.79 Å². The van der Waals surface area contributed by atoms with Crippen LogP contribution in [0.25, 0.3) is 10.8 Å². The van der Waals surface area contributed by atoms with E-state index in [4.69, 9.17) is 4.74 Å². The SMILES string of the molecule is COc1ccc2ccccc2c1C(=O)C(Br)CBr. The molecule has 2 rings (SSSR count). The second-order valence-corrected chi connectivity index (χ2v) is 5.60. The van der Waals surface area contributed by atoms with Gasteiger partial charge in [0.15, 0.2) is 5.78 Å². The standard InChI is InChI=1S/C14H12Br2O2/c1-18-12-7-6-9-4-2-3-5-10(9)13(12)14(17)11(16)8-15/h2-7,11H,8H2,1H3. The molecule has 4 heteroatoms. The lowest BCUT2D eigenvalue weighted by molar-refractivity contribution is 0.0996. The van der Waals surface area contributed by atoms with E-state index in [-0.39, 0.29) is 10.6 Å². The number of hydrogen-bond donors (Lipinski definition) is 0. The molecule has 0 N–H and O–H groups in total. The Morgan fingerprint density at radius 2 is 2.00 bits per heavy atom. The van der Waals surface area contributed by atoms with Crippen molar-refractivity contribution in [2.75, 3.05) is 12.4 Å². The maximum atomic E-state index is 12.4. The first-order valence-corrected chi connectivity index (χ1v) is 7.52. The number of carbonyl (C=O) groups excluding carboxylic acids is 1. The van der Waals surface area contributed by atoms with Crippen molar-refractivity contribution in [2.45, 2.75) is 4.83 Å². The summed E-state index contributed by atoms with van der Waals surface area (Å²) >= 11 is 6.69. The highest BCUT2D eigenvalue weighted by Crippen LogP contribution is 2.30. The number of Topliss-reactive ketones (excluding diaryl/α,β-unsaturated/α-hetero) is 1.